The highest BCUT2D eigenvalue weighted by molar-refractivity contribution is 9.10. The number of halogens is 3. The Morgan fingerprint density at radius 1 is 0.512 bits per heavy atom. The molecule has 2 aliphatic heterocycles. The third-order valence-corrected chi connectivity index (χ3v) is 10.5. The van der Waals surface area contributed by atoms with Crippen molar-refractivity contribution < 1.29 is 18.3 Å². The molecule has 0 radical (unpaired) electrons. The summed E-state index contributed by atoms with van der Waals surface area (Å²) in [5.41, 5.74) is 3.87. The molecule has 0 amide bonds. The Kier molecular flexibility index (Phi) is 9.54. The maximum atomic E-state index is 13.4. The van der Waals surface area contributed by atoms with Gasteiger partial charge in [-0.2, -0.15) is 0 Å². The van der Waals surface area contributed by atoms with Gasteiger partial charge in [0.2, 0.25) is 0 Å². The summed E-state index contributed by atoms with van der Waals surface area (Å²) in [7, 11) is 0. The first-order valence-electron chi connectivity index (χ1n) is 15.6. The van der Waals surface area contributed by atoms with Gasteiger partial charge in [-0.05, 0) is 95.9 Å². The highest BCUT2D eigenvalue weighted by atomic mass is 79.9. The second kappa shape index (κ2) is 13.5. The smallest absolute Gasteiger partial charge is 0.126 e. The Bertz CT molecular complexity index is 1230. The first-order valence-corrected chi connectivity index (χ1v) is 16.4. The van der Waals surface area contributed by atoms with Gasteiger partial charge >= 0.3 is 0 Å². The molecule has 4 fully saturated rings. The van der Waals surface area contributed by atoms with Gasteiger partial charge in [-0.15, -0.1) is 0 Å². The SMILES string of the molecule is Brc1ccc(C2CCC(C3CCC3)CO2)cc1.Fc1cc(F)cc(-c2ccc(C3CCC(C4CCC4)CO3)cc2)c1. The third-order valence-electron chi connectivity index (χ3n) is 9.98. The molecule has 4 unspecified atom stereocenters. The lowest BCUT2D eigenvalue weighted by molar-refractivity contribution is -0.0449. The highest BCUT2D eigenvalue weighted by Gasteiger charge is 2.33. The van der Waals surface area contributed by atoms with Crippen LogP contribution in [0.1, 0.15) is 87.5 Å². The molecular formula is C36H41BrF2O2. The lowest BCUT2D eigenvalue weighted by atomic mass is 9.73. The fourth-order valence-corrected chi connectivity index (χ4v) is 7.19. The van der Waals surface area contributed by atoms with Crippen LogP contribution in [0.2, 0.25) is 0 Å². The number of benzene rings is 3. The standard InChI is InChI=1S/C21H22F2O.C15H19BrO/c22-19-10-18(11-20(23)12-19)15-4-6-16(7-5-15)21-9-8-17(13-24-21)14-2-1-3-14;16-14-7-4-12(5-8-14)15-9-6-13(10-17-15)11-2-1-3-11/h4-7,10-12,14,17,21H,1-3,8-9,13H2;4-5,7-8,11,13,15H,1-3,6,9-10H2. The minimum Gasteiger partial charge on any atom is -0.373 e. The predicted octanol–water partition coefficient (Wildman–Crippen LogP) is 10.6. The molecular weight excluding hydrogens is 582 g/mol. The van der Waals surface area contributed by atoms with E-state index < -0.39 is 11.6 Å². The van der Waals surface area contributed by atoms with E-state index in [1.807, 2.05) is 24.3 Å². The molecule has 2 saturated heterocycles. The van der Waals surface area contributed by atoms with Crippen LogP contribution in [0, 0.1) is 35.3 Å². The van der Waals surface area contributed by atoms with Crippen molar-refractivity contribution in [1.29, 1.82) is 0 Å². The van der Waals surface area contributed by atoms with Crippen LogP contribution >= 0.6 is 15.9 Å². The van der Waals surface area contributed by atoms with Gasteiger partial charge in [0.15, 0.2) is 0 Å². The maximum Gasteiger partial charge on any atom is 0.126 e. The Morgan fingerprint density at radius 3 is 1.37 bits per heavy atom. The van der Waals surface area contributed by atoms with Crippen molar-refractivity contribution in [1.82, 2.24) is 0 Å². The molecule has 2 aliphatic carbocycles. The molecule has 0 bridgehead atoms. The first-order chi connectivity index (χ1) is 20.0. The predicted molar refractivity (Wildman–Crippen MR) is 163 cm³/mol. The number of hydrogen-bond donors (Lipinski definition) is 0. The third kappa shape index (κ3) is 7.29. The van der Waals surface area contributed by atoms with Crippen molar-refractivity contribution in [3.8, 4) is 11.1 Å². The van der Waals surface area contributed by atoms with Gasteiger partial charge in [-0.3, -0.25) is 0 Å². The van der Waals surface area contributed by atoms with Crippen LogP contribution in [0.15, 0.2) is 71.2 Å². The van der Waals surface area contributed by atoms with E-state index in [1.54, 1.807) is 0 Å². The summed E-state index contributed by atoms with van der Waals surface area (Å²) < 4.78 is 40.0. The summed E-state index contributed by atoms with van der Waals surface area (Å²) in [4.78, 5) is 0. The molecule has 5 heteroatoms. The summed E-state index contributed by atoms with van der Waals surface area (Å²) in [6.45, 7) is 1.84. The van der Waals surface area contributed by atoms with Crippen LogP contribution in [0.5, 0.6) is 0 Å². The van der Waals surface area contributed by atoms with Gasteiger partial charge in [-0.25, -0.2) is 8.78 Å². The zero-order valence-corrected chi connectivity index (χ0v) is 25.3. The Morgan fingerprint density at radius 2 is 0.976 bits per heavy atom. The molecule has 3 aromatic carbocycles. The Hall–Kier alpha value is -2.08. The lowest BCUT2D eigenvalue weighted by Gasteiger charge is -2.38. The molecule has 0 spiro atoms. The Balaban J connectivity index is 0.000000156. The van der Waals surface area contributed by atoms with Gasteiger partial charge in [-0.1, -0.05) is 90.9 Å². The van der Waals surface area contributed by atoms with Gasteiger partial charge in [0.25, 0.3) is 0 Å². The van der Waals surface area contributed by atoms with E-state index in [-0.39, 0.29) is 6.10 Å². The number of rotatable bonds is 5. The highest BCUT2D eigenvalue weighted by Crippen LogP contribution is 2.42. The Labute approximate surface area is 252 Å². The lowest BCUT2D eigenvalue weighted by Crippen LogP contribution is -2.30. The van der Waals surface area contributed by atoms with Gasteiger partial charge < -0.3 is 9.47 Å². The zero-order valence-electron chi connectivity index (χ0n) is 23.8. The van der Waals surface area contributed by atoms with Crippen LogP contribution in [-0.2, 0) is 9.47 Å². The molecule has 4 atom stereocenters. The molecule has 218 valence electrons. The monoisotopic (exact) mass is 622 g/mol. The van der Waals surface area contributed by atoms with Crippen LogP contribution in [0.3, 0.4) is 0 Å². The van der Waals surface area contributed by atoms with E-state index in [0.29, 0.717) is 11.7 Å². The maximum absolute atomic E-state index is 13.4. The molecule has 0 N–H and O–H groups in total. The van der Waals surface area contributed by atoms with E-state index in [9.17, 15) is 8.78 Å². The van der Waals surface area contributed by atoms with Crippen molar-refractivity contribution in [2.24, 2.45) is 23.7 Å². The summed E-state index contributed by atoms with van der Waals surface area (Å²) in [6, 6.07) is 20.1. The van der Waals surface area contributed by atoms with Crippen molar-refractivity contribution in [3.05, 3.63) is 94.0 Å². The van der Waals surface area contributed by atoms with Crippen molar-refractivity contribution in [3.63, 3.8) is 0 Å². The summed E-state index contributed by atoms with van der Waals surface area (Å²) in [6.07, 6.45) is 13.8. The summed E-state index contributed by atoms with van der Waals surface area (Å²) >= 11 is 3.47. The van der Waals surface area contributed by atoms with E-state index in [1.165, 1.54) is 75.5 Å². The zero-order chi connectivity index (χ0) is 28.2. The van der Waals surface area contributed by atoms with Crippen LogP contribution in [0.25, 0.3) is 11.1 Å². The molecule has 4 aliphatic rings. The fraction of sp³-hybridized carbons (Fsp3) is 0.500. The van der Waals surface area contributed by atoms with E-state index in [4.69, 9.17) is 9.47 Å². The van der Waals surface area contributed by atoms with E-state index >= 15 is 0 Å². The molecule has 7 rings (SSSR count). The fourth-order valence-electron chi connectivity index (χ4n) is 6.92. The second-order valence-corrected chi connectivity index (χ2v) is 13.4. The van der Waals surface area contributed by atoms with Gasteiger partial charge in [0, 0.05) is 10.5 Å². The molecule has 2 nitrogen and oxygen atoms in total. The minimum absolute atomic E-state index is 0.152. The first kappa shape index (κ1) is 29.0. The van der Waals surface area contributed by atoms with Gasteiger partial charge in [0.05, 0.1) is 25.4 Å². The number of ether oxygens (including phenoxy) is 2. The molecule has 2 heterocycles. The molecule has 3 aromatic rings. The second-order valence-electron chi connectivity index (χ2n) is 12.5. The van der Waals surface area contributed by atoms with Crippen LogP contribution in [-0.4, -0.2) is 13.2 Å². The van der Waals surface area contributed by atoms with Crippen LogP contribution in [0.4, 0.5) is 8.78 Å². The normalized spacial score (nSPS) is 26.8. The summed E-state index contributed by atoms with van der Waals surface area (Å²) in [5, 5.41) is 0. The van der Waals surface area contributed by atoms with Crippen molar-refractivity contribution >= 4 is 15.9 Å². The quantitative estimate of drug-likeness (QED) is 0.282. The van der Waals surface area contributed by atoms with Crippen molar-refractivity contribution in [2.75, 3.05) is 13.2 Å². The largest absolute Gasteiger partial charge is 0.373 e. The summed E-state index contributed by atoms with van der Waals surface area (Å²) in [5.74, 6) is 2.34. The molecule has 41 heavy (non-hydrogen) atoms. The van der Waals surface area contributed by atoms with Crippen molar-refractivity contribution in [2.45, 2.75) is 76.4 Å². The van der Waals surface area contributed by atoms with Crippen LogP contribution < -0.4 is 0 Å². The topological polar surface area (TPSA) is 18.5 Å². The van der Waals surface area contributed by atoms with E-state index in [2.05, 4.69) is 40.2 Å². The number of hydrogen-bond acceptors (Lipinski definition) is 2. The molecule has 2 saturated carbocycles. The van der Waals surface area contributed by atoms with Gasteiger partial charge in [0.1, 0.15) is 11.6 Å². The average molecular weight is 624 g/mol. The van der Waals surface area contributed by atoms with E-state index in [0.717, 1.165) is 65.0 Å². The average Bonchev–Trinajstić information content (AvgIpc) is 2.93. The minimum atomic E-state index is -0.549. The molecule has 0 aromatic heterocycles.